The molecule has 0 saturated carbocycles. The normalized spacial score (nSPS) is 11.9. The molecule has 0 aliphatic rings. The Morgan fingerprint density at radius 1 is 1.15 bits per heavy atom. The first-order valence-electron chi connectivity index (χ1n) is 10.0. The highest BCUT2D eigenvalue weighted by Gasteiger charge is 2.15. The number of aliphatic imine (C=N–C) groups is 1. The van der Waals surface area contributed by atoms with Gasteiger partial charge >= 0.3 is 5.97 Å². The minimum Gasteiger partial charge on any atom is -0.460 e. The van der Waals surface area contributed by atoms with Crippen LogP contribution in [0.5, 0.6) is 0 Å². The Bertz CT molecular complexity index is 553. The molecule has 1 aromatic heterocycles. The number of carbonyl (C=O) groups excluding carboxylic acids is 1. The summed E-state index contributed by atoms with van der Waals surface area (Å²) in [5.74, 6) is 0.745. The average molecular weight is 377 g/mol. The van der Waals surface area contributed by atoms with Crippen molar-refractivity contribution < 1.29 is 9.53 Å². The van der Waals surface area contributed by atoms with Gasteiger partial charge in [-0.3, -0.25) is 14.8 Å². The summed E-state index contributed by atoms with van der Waals surface area (Å²) >= 11 is 0. The van der Waals surface area contributed by atoms with Gasteiger partial charge in [0.05, 0.1) is 0 Å². The van der Waals surface area contributed by atoms with Gasteiger partial charge in [0.2, 0.25) is 0 Å². The van der Waals surface area contributed by atoms with Crippen LogP contribution in [0.1, 0.15) is 65.5 Å². The number of carbonyl (C=O) groups is 1. The molecule has 0 atom stereocenters. The van der Waals surface area contributed by atoms with E-state index >= 15 is 0 Å². The molecule has 1 aromatic rings. The van der Waals surface area contributed by atoms with E-state index in [-0.39, 0.29) is 5.97 Å². The lowest BCUT2D eigenvalue weighted by molar-refractivity contribution is -0.154. The van der Waals surface area contributed by atoms with Crippen LogP contribution in [0.3, 0.4) is 0 Å². The number of ether oxygens (including phenoxy) is 1. The molecule has 0 unspecified atom stereocenters. The Hall–Kier alpha value is -2.11. The molecule has 0 amide bonds. The van der Waals surface area contributed by atoms with E-state index in [1.54, 1.807) is 0 Å². The SMILES string of the molecule is CCNC(=NCCCCCCC(=O)OC(C)(C)C)NCCc1ccccn1. The van der Waals surface area contributed by atoms with Crippen LogP contribution >= 0.6 is 0 Å². The third-order valence-electron chi connectivity index (χ3n) is 3.72. The maximum Gasteiger partial charge on any atom is 0.306 e. The van der Waals surface area contributed by atoms with E-state index < -0.39 is 5.60 Å². The molecule has 0 radical (unpaired) electrons. The Morgan fingerprint density at radius 2 is 1.93 bits per heavy atom. The monoisotopic (exact) mass is 376 g/mol. The van der Waals surface area contributed by atoms with Crippen LogP contribution in [0.4, 0.5) is 0 Å². The molecular formula is C21H36N4O2. The molecule has 6 heteroatoms. The molecule has 0 bridgehead atoms. The van der Waals surface area contributed by atoms with Gasteiger partial charge in [0.25, 0.3) is 0 Å². The lowest BCUT2D eigenvalue weighted by Crippen LogP contribution is -2.38. The number of aromatic nitrogens is 1. The van der Waals surface area contributed by atoms with Gasteiger partial charge in [0.15, 0.2) is 5.96 Å². The number of guanidine groups is 1. The fourth-order valence-electron chi connectivity index (χ4n) is 2.51. The predicted octanol–water partition coefficient (Wildman–Crippen LogP) is 3.47. The highest BCUT2D eigenvalue weighted by atomic mass is 16.6. The van der Waals surface area contributed by atoms with E-state index in [9.17, 15) is 4.79 Å². The molecule has 0 fully saturated rings. The van der Waals surface area contributed by atoms with Crippen molar-refractivity contribution in [1.29, 1.82) is 0 Å². The van der Waals surface area contributed by atoms with E-state index in [2.05, 4.69) is 27.5 Å². The molecule has 1 rings (SSSR count). The van der Waals surface area contributed by atoms with Crippen LogP contribution in [0.25, 0.3) is 0 Å². The maximum atomic E-state index is 11.6. The van der Waals surface area contributed by atoms with Crippen molar-refractivity contribution in [3.63, 3.8) is 0 Å². The van der Waals surface area contributed by atoms with Crippen molar-refractivity contribution in [2.24, 2.45) is 4.99 Å². The average Bonchev–Trinajstić information content (AvgIpc) is 2.60. The van der Waals surface area contributed by atoms with Crippen molar-refractivity contribution in [1.82, 2.24) is 15.6 Å². The molecule has 0 aliphatic carbocycles. The van der Waals surface area contributed by atoms with Crippen LogP contribution in [-0.4, -0.2) is 42.1 Å². The zero-order chi connectivity index (χ0) is 20.0. The summed E-state index contributed by atoms with van der Waals surface area (Å²) in [5, 5.41) is 6.61. The first-order valence-corrected chi connectivity index (χ1v) is 10.0. The van der Waals surface area contributed by atoms with Gasteiger partial charge in [-0.05, 0) is 52.7 Å². The molecule has 0 aromatic carbocycles. The number of nitrogens with zero attached hydrogens (tertiary/aromatic N) is 2. The molecule has 0 aliphatic heterocycles. The van der Waals surface area contributed by atoms with E-state index in [1.807, 2.05) is 45.2 Å². The number of nitrogens with one attached hydrogen (secondary N) is 2. The summed E-state index contributed by atoms with van der Waals surface area (Å²) in [6.45, 7) is 10.2. The minimum atomic E-state index is -0.391. The van der Waals surface area contributed by atoms with Gasteiger partial charge in [0.1, 0.15) is 5.60 Å². The van der Waals surface area contributed by atoms with Crippen molar-refractivity contribution in [3.05, 3.63) is 30.1 Å². The minimum absolute atomic E-state index is 0.105. The third-order valence-corrected chi connectivity index (χ3v) is 3.72. The summed E-state index contributed by atoms with van der Waals surface area (Å²) in [6.07, 6.45) is 7.18. The molecule has 152 valence electrons. The van der Waals surface area contributed by atoms with Crippen molar-refractivity contribution in [2.45, 2.75) is 71.8 Å². The number of esters is 1. The number of unbranched alkanes of at least 4 members (excludes halogenated alkanes) is 3. The molecule has 1 heterocycles. The molecule has 2 N–H and O–H groups in total. The summed E-state index contributed by atoms with van der Waals surface area (Å²) < 4.78 is 5.31. The molecule has 0 spiro atoms. The highest BCUT2D eigenvalue weighted by molar-refractivity contribution is 5.79. The smallest absolute Gasteiger partial charge is 0.306 e. The lowest BCUT2D eigenvalue weighted by Gasteiger charge is -2.19. The van der Waals surface area contributed by atoms with E-state index in [0.717, 1.165) is 63.4 Å². The van der Waals surface area contributed by atoms with E-state index in [0.29, 0.717) is 6.42 Å². The van der Waals surface area contributed by atoms with Gasteiger partial charge in [-0.2, -0.15) is 0 Å². The second-order valence-corrected chi connectivity index (χ2v) is 7.51. The van der Waals surface area contributed by atoms with Crippen molar-refractivity contribution in [3.8, 4) is 0 Å². The van der Waals surface area contributed by atoms with E-state index in [4.69, 9.17) is 4.74 Å². The summed E-state index contributed by atoms with van der Waals surface area (Å²) in [7, 11) is 0. The highest BCUT2D eigenvalue weighted by Crippen LogP contribution is 2.11. The van der Waals surface area contributed by atoms with Crippen LogP contribution in [0, 0.1) is 0 Å². The molecule has 27 heavy (non-hydrogen) atoms. The third kappa shape index (κ3) is 12.8. The Morgan fingerprint density at radius 3 is 2.59 bits per heavy atom. The topological polar surface area (TPSA) is 75.6 Å². The summed E-state index contributed by atoms with van der Waals surface area (Å²) in [6, 6.07) is 5.96. The fourth-order valence-corrected chi connectivity index (χ4v) is 2.51. The van der Waals surface area contributed by atoms with Gasteiger partial charge in [-0.25, -0.2) is 0 Å². The molecule has 6 nitrogen and oxygen atoms in total. The first kappa shape index (κ1) is 22.9. The standard InChI is InChI=1S/C21H36N4O2/c1-5-22-20(25-17-14-18-12-9-11-15-23-18)24-16-10-7-6-8-13-19(26)27-21(2,3)4/h9,11-12,15H,5-8,10,13-14,16-17H2,1-4H3,(H2,22,24,25). The van der Waals surface area contributed by atoms with Crippen LogP contribution in [0.15, 0.2) is 29.4 Å². The summed E-state index contributed by atoms with van der Waals surface area (Å²) in [4.78, 5) is 20.6. The second-order valence-electron chi connectivity index (χ2n) is 7.51. The zero-order valence-electron chi connectivity index (χ0n) is 17.4. The van der Waals surface area contributed by atoms with Gasteiger partial charge in [0, 0.05) is 44.4 Å². The first-order chi connectivity index (χ1) is 12.9. The number of rotatable bonds is 11. The van der Waals surface area contributed by atoms with Crippen molar-refractivity contribution in [2.75, 3.05) is 19.6 Å². The number of hydrogen-bond donors (Lipinski definition) is 2. The van der Waals surface area contributed by atoms with Gasteiger partial charge < -0.3 is 15.4 Å². The Balaban J connectivity index is 2.15. The van der Waals surface area contributed by atoms with Crippen molar-refractivity contribution >= 4 is 11.9 Å². The lowest BCUT2D eigenvalue weighted by atomic mass is 10.1. The van der Waals surface area contributed by atoms with Crippen LogP contribution in [-0.2, 0) is 16.0 Å². The number of hydrogen-bond acceptors (Lipinski definition) is 4. The predicted molar refractivity (Wildman–Crippen MR) is 111 cm³/mol. The Kier molecular flexibility index (Phi) is 11.1. The quantitative estimate of drug-likeness (QED) is 0.268. The van der Waals surface area contributed by atoms with Crippen LogP contribution < -0.4 is 10.6 Å². The largest absolute Gasteiger partial charge is 0.460 e. The summed E-state index contributed by atoms with van der Waals surface area (Å²) in [5.41, 5.74) is 0.684. The zero-order valence-corrected chi connectivity index (χ0v) is 17.4. The maximum absolute atomic E-state index is 11.6. The Labute approximate surface area is 164 Å². The number of pyridine rings is 1. The van der Waals surface area contributed by atoms with Crippen LogP contribution in [0.2, 0.25) is 0 Å². The second kappa shape index (κ2) is 13.1. The molecule has 0 saturated heterocycles. The fraction of sp³-hybridized carbons (Fsp3) is 0.667. The molecular weight excluding hydrogens is 340 g/mol. The van der Waals surface area contributed by atoms with Gasteiger partial charge in [-0.1, -0.05) is 18.9 Å². The van der Waals surface area contributed by atoms with E-state index in [1.165, 1.54) is 0 Å². The van der Waals surface area contributed by atoms with Gasteiger partial charge in [-0.15, -0.1) is 0 Å².